The largest absolute Gasteiger partial charge is 0.304 e. The number of nitrogens with one attached hydrogen (secondary N) is 1. The average Bonchev–Trinajstić information content (AvgIpc) is 2.86. The van der Waals surface area contributed by atoms with Gasteiger partial charge in [-0.15, -0.1) is 0 Å². The van der Waals surface area contributed by atoms with Crippen molar-refractivity contribution in [3.8, 4) is 0 Å². The summed E-state index contributed by atoms with van der Waals surface area (Å²) in [7, 11) is 0. The number of fused-ring (bicyclic) bond motifs is 1. The first-order chi connectivity index (χ1) is 8.38. The smallest absolute Gasteiger partial charge is 0.143 e. The van der Waals surface area contributed by atoms with E-state index in [1.165, 1.54) is 38.5 Å². The standard InChI is InChI=1S/C13H22N4/c1-2-17-13(14-9-15-17)12-8-7-10-5-3-4-6-11(10)16-12/h9-12,16H,2-8H2,1H3. The topological polar surface area (TPSA) is 42.7 Å². The van der Waals surface area contributed by atoms with Crippen molar-refractivity contribution in [3.05, 3.63) is 12.2 Å². The zero-order valence-corrected chi connectivity index (χ0v) is 10.6. The number of aromatic nitrogens is 3. The fraction of sp³-hybridized carbons (Fsp3) is 0.846. The highest BCUT2D eigenvalue weighted by atomic mass is 15.3. The van der Waals surface area contributed by atoms with Crippen LogP contribution in [0.15, 0.2) is 6.33 Å². The van der Waals surface area contributed by atoms with Crippen LogP contribution in [-0.2, 0) is 6.54 Å². The number of aryl methyl sites for hydroxylation is 1. The van der Waals surface area contributed by atoms with Gasteiger partial charge in [-0.05, 0) is 38.5 Å². The van der Waals surface area contributed by atoms with Crippen molar-refractivity contribution in [2.24, 2.45) is 5.92 Å². The summed E-state index contributed by atoms with van der Waals surface area (Å²) in [5.74, 6) is 2.05. The Morgan fingerprint density at radius 1 is 1.29 bits per heavy atom. The minimum atomic E-state index is 0.428. The van der Waals surface area contributed by atoms with Crippen LogP contribution >= 0.6 is 0 Å². The maximum Gasteiger partial charge on any atom is 0.143 e. The monoisotopic (exact) mass is 234 g/mol. The first kappa shape index (κ1) is 11.2. The van der Waals surface area contributed by atoms with Crippen LogP contribution in [0.4, 0.5) is 0 Å². The highest BCUT2D eigenvalue weighted by Crippen LogP contribution is 2.36. The minimum absolute atomic E-state index is 0.428. The lowest BCUT2D eigenvalue weighted by Crippen LogP contribution is -2.45. The summed E-state index contributed by atoms with van der Waals surface area (Å²) >= 11 is 0. The predicted octanol–water partition coefficient (Wildman–Crippen LogP) is 2.28. The van der Waals surface area contributed by atoms with Crippen molar-refractivity contribution in [3.63, 3.8) is 0 Å². The molecule has 1 saturated carbocycles. The molecule has 1 aliphatic carbocycles. The Bertz CT molecular complexity index is 373. The SMILES string of the molecule is CCn1ncnc1C1CCC2CCCCC2N1. The molecule has 1 saturated heterocycles. The lowest BCUT2D eigenvalue weighted by molar-refractivity contribution is 0.171. The molecule has 1 aliphatic heterocycles. The minimum Gasteiger partial charge on any atom is -0.304 e. The molecule has 4 heteroatoms. The Kier molecular flexibility index (Phi) is 3.14. The van der Waals surface area contributed by atoms with Gasteiger partial charge in [0.05, 0.1) is 6.04 Å². The van der Waals surface area contributed by atoms with E-state index in [-0.39, 0.29) is 0 Å². The second-order valence-electron chi connectivity index (χ2n) is 5.38. The van der Waals surface area contributed by atoms with Crippen LogP contribution in [0.3, 0.4) is 0 Å². The molecule has 3 atom stereocenters. The number of rotatable bonds is 2. The molecule has 3 rings (SSSR count). The van der Waals surface area contributed by atoms with E-state index >= 15 is 0 Å². The van der Waals surface area contributed by atoms with E-state index in [1.54, 1.807) is 6.33 Å². The molecule has 1 aromatic heterocycles. The summed E-state index contributed by atoms with van der Waals surface area (Å²) in [6, 6.07) is 1.15. The third kappa shape index (κ3) is 2.10. The molecule has 1 N–H and O–H groups in total. The quantitative estimate of drug-likeness (QED) is 0.853. The van der Waals surface area contributed by atoms with Gasteiger partial charge in [-0.2, -0.15) is 5.10 Å². The normalized spacial score (nSPS) is 33.4. The van der Waals surface area contributed by atoms with Gasteiger partial charge in [0, 0.05) is 12.6 Å². The Morgan fingerprint density at radius 2 is 2.18 bits per heavy atom. The van der Waals surface area contributed by atoms with Gasteiger partial charge in [0.1, 0.15) is 12.2 Å². The van der Waals surface area contributed by atoms with Crippen LogP contribution in [0.1, 0.15) is 57.3 Å². The number of hydrogen-bond acceptors (Lipinski definition) is 3. The van der Waals surface area contributed by atoms with E-state index in [2.05, 4.69) is 22.3 Å². The Labute approximate surface area is 103 Å². The molecular weight excluding hydrogens is 212 g/mol. The van der Waals surface area contributed by atoms with E-state index in [0.29, 0.717) is 6.04 Å². The molecule has 0 amide bonds. The second-order valence-corrected chi connectivity index (χ2v) is 5.38. The van der Waals surface area contributed by atoms with Crippen LogP contribution in [0.25, 0.3) is 0 Å². The lowest BCUT2D eigenvalue weighted by atomic mass is 9.77. The van der Waals surface area contributed by atoms with Crippen LogP contribution < -0.4 is 5.32 Å². The van der Waals surface area contributed by atoms with E-state index in [9.17, 15) is 0 Å². The molecule has 2 fully saturated rings. The van der Waals surface area contributed by atoms with Crippen LogP contribution in [0.5, 0.6) is 0 Å². The molecule has 1 aromatic rings. The summed E-state index contributed by atoms with van der Waals surface area (Å²) in [4.78, 5) is 4.44. The number of hydrogen-bond donors (Lipinski definition) is 1. The molecule has 2 aliphatic rings. The molecule has 0 radical (unpaired) electrons. The van der Waals surface area contributed by atoms with Gasteiger partial charge in [0.15, 0.2) is 0 Å². The maximum atomic E-state index is 4.44. The van der Waals surface area contributed by atoms with Gasteiger partial charge >= 0.3 is 0 Å². The van der Waals surface area contributed by atoms with Gasteiger partial charge in [-0.3, -0.25) is 0 Å². The van der Waals surface area contributed by atoms with E-state index in [4.69, 9.17) is 0 Å². The summed E-state index contributed by atoms with van der Waals surface area (Å²) in [5.41, 5.74) is 0. The highest BCUT2D eigenvalue weighted by Gasteiger charge is 2.33. The van der Waals surface area contributed by atoms with Crippen LogP contribution in [0, 0.1) is 5.92 Å². The van der Waals surface area contributed by atoms with Gasteiger partial charge in [0.2, 0.25) is 0 Å². The van der Waals surface area contributed by atoms with Crippen molar-refractivity contribution in [1.29, 1.82) is 0 Å². The fourth-order valence-corrected chi connectivity index (χ4v) is 3.49. The first-order valence-electron chi connectivity index (χ1n) is 7.02. The zero-order valence-electron chi connectivity index (χ0n) is 10.6. The summed E-state index contributed by atoms with van der Waals surface area (Å²) in [6.07, 6.45) is 9.86. The molecule has 2 heterocycles. The molecule has 0 spiro atoms. The second kappa shape index (κ2) is 4.77. The first-order valence-corrected chi connectivity index (χ1v) is 7.02. The van der Waals surface area contributed by atoms with Crippen molar-refractivity contribution < 1.29 is 0 Å². The predicted molar refractivity (Wildman–Crippen MR) is 66.6 cm³/mol. The summed E-state index contributed by atoms with van der Waals surface area (Å²) in [5, 5.41) is 8.09. The third-order valence-electron chi connectivity index (χ3n) is 4.41. The molecule has 4 nitrogen and oxygen atoms in total. The molecule has 0 bridgehead atoms. The van der Waals surface area contributed by atoms with Gasteiger partial charge in [-0.1, -0.05) is 12.8 Å². The fourth-order valence-electron chi connectivity index (χ4n) is 3.49. The Hall–Kier alpha value is -0.900. The highest BCUT2D eigenvalue weighted by molar-refractivity contribution is 5.00. The lowest BCUT2D eigenvalue weighted by Gasteiger charge is -2.40. The van der Waals surface area contributed by atoms with Gasteiger partial charge in [-0.25, -0.2) is 9.67 Å². The third-order valence-corrected chi connectivity index (χ3v) is 4.41. The Balaban J connectivity index is 1.73. The maximum absolute atomic E-state index is 4.44. The number of piperidine rings is 1. The molecule has 3 unspecified atom stereocenters. The summed E-state index contributed by atoms with van der Waals surface area (Å²) < 4.78 is 2.03. The molecule has 0 aromatic carbocycles. The van der Waals surface area contributed by atoms with Gasteiger partial charge < -0.3 is 5.32 Å². The van der Waals surface area contributed by atoms with E-state index < -0.39 is 0 Å². The van der Waals surface area contributed by atoms with Crippen molar-refractivity contribution in [1.82, 2.24) is 20.1 Å². The Morgan fingerprint density at radius 3 is 3.06 bits per heavy atom. The summed E-state index contributed by atoms with van der Waals surface area (Å²) in [6.45, 7) is 3.05. The van der Waals surface area contributed by atoms with Crippen LogP contribution in [-0.4, -0.2) is 20.8 Å². The molecular formula is C13H22N4. The molecule has 17 heavy (non-hydrogen) atoms. The average molecular weight is 234 g/mol. The van der Waals surface area contributed by atoms with Crippen LogP contribution in [0.2, 0.25) is 0 Å². The van der Waals surface area contributed by atoms with Gasteiger partial charge in [0.25, 0.3) is 0 Å². The molecule has 94 valence electrons. The van der Waals surface area contributed by atoms with E-state index in [0.717, 1.165) is 24.3 Å². The zero-order chi connectivity index (χ0) is 11.7. The van der Waals surface area contributed by atoms with Crippen molar-refractivity contribution in [2.75, 3.05) is 0 Å². The van der Waals surface area contributed by atoms with Crippen molar-refractivity contribution in [2.45, 2.75) is 64.1 Å². The van der Waals surface area contributed by atoms with E-state index in [1.807, 2.05) is 4.68 Å². The number of nitrogens with zero attached hydrogens (tertiary/aromatic N) is 3. The van der Waals surface area contributed by atoms with Crippen molar-refractivity contribution >= 4 is 0 Å².